The van der Waals surface area contributed by atoms with Gasteiger partial charge < -0.3 is 9.59 Å². The second kappa shape index (κ2) is 4.59. The maximum Gasteiger partial charge on any atom is 0.180 e. The normalized spacial score (nSPS) is 22.1. The fourth-order valence-electron chi connectivity index (χ4n) is 1.98. The van der Waals surface area contributed by atoms with Crippen molar-refractivity contribution in [2.45, 2.75) is 19.3 Å². The predicted molar refractivity (Wildman–Crippen MR) is 55.5 cm³/mol. The Labute approximate surface area is 86.0 Å². The van der Waals surface area contributed by atoms with Crippen molar-refractivity contribution in [2.75, 3.05) is 38.4 Å². The van der Waals surface area contributed by atoms with Crippen LogP contribution in [0.4, 0.5) is 0 Å². The number of hydrogen-bond donors (Lipinski definition) is 1. The van der Waals surface area contributed by atoms with Crippen LogP contribution in [0.3, 0.4) is 0 Å². The largest absolute Gasteiger partial charge is 0.347 e. The number of hydrogen-bond acceptors (Lipinski definition) is 3. The Morgan fingerprint density at radius 2 is 1.79 bits per heavy atom. The van der Waals surface area contributed by atoms with Crippen molar-refractivity contribution in [1.82, 2.24) is 0 Å². The lowest BCUT2D eigenvalue weighted by atomic mass is 10.1. The average molecular weight is 222 g/mol. The first kappa shape index (κ1) is 11.9. The summed E-state index contributed by atoms with van der Waals surface area (Å²) >= 11 is 0. The molecule has 0 amide bonds. The summed E-state index contributed by atoms with van der Waals surface area (Å²) in [5.74, 6) is 0.188. The van der Waals surface area contributed by atoms with Crippen molar-refractivity contribution in [2.24, 2.45) is 0 Å². The maximum absolute atomic E-state index is 11.0. The standard InChI is InChI=1S/C9H20NO3S/c1-14(12,13)8-7-10(9-11)5-3-2-4-6-10/h11H,2-9H2,1H3/q+1. The second-order valence-electron chi connectivity index (χ2n) is 4.34. The van der Waals surface area contributed by atoms with Gasteiger partial charge in [-0.1, -0.05) is 0 Å². The highest BCUT2D eigenvalue weighted by Crippen LogP contribution is 2.17. The van der Waals surface area contributed by atoms with Crippen LogP contribution in [0.1, 0.15) is 19.3 Å². The molecule has 0 radical (unpaired) electrons. The van der Waals surface area contributed by atoms with Crippen molar-refractivity contribution in [3.8, 4) is 0 Å². The number of rotatable bonds is 4. The van der Waals surface area contributed by atoms with Gasteiger partial charge in [-0.2, -0.15) is 0 Å². The Hall–Kier alpha value is -0.130. The SMILES string of the molecule is CS(=O)(=O)CC[N+]1(CO)CCCCC1. The monoisotopic (exact) mass is 222 g/mol. The zero-order chi connectivity index (χ0) is 10.7. The third kappa shape index (κ3) is 3.55. The molecule has 0 aromatic rings. The van der Waals surface area contributed by atoms with Crippen LogP contribution >= 0.6 is 0 Å². The van der Waals surface area contributed by atoms with Crippen LogP contribution in [-0.4, -0.2) is 56.4 Å². The van der Waals surface area contributed by atoms with Gasteiger partial charge in [0.1, 0.15) is 0 Å². The molecule has 0 aromatic heterocycles. The van der Waals surface area contributed by atoms with Crippen LogP contribution in [-0.2, 0) is 9.84 Å². The summed E-state index contributed by atoms with van der Waals surface area (Å²) in [7, 11) is -2.90. The zero-order valence-electron chi connectivity index (χ0n) is 8.78. The summed E-state index contributed by atoms with van der Waals surface area (Å²) in [4.78, 5) is 0. The summed E-state index contributed by atoms with van der Waals surface area (Å²) in [5, 5.41) is 9.32. The van der Waals surface area contributed by atoms with E-state index in [2.05, 4.69) is 0 Å². The number of piperidine rings is 1. The van der Waals surface area contributed by atoms with Crippen LogP contribution in [0.25, 0.3) is 0 Å². The van der Waals surface area contributed by atoms with Gasteiger partial charge in [0.25, 0.3) is 0 Å². The second-order valence-corrected chi connectivity index (χ2v) is 6.60. The highest BCUT2D eigenvalue weighted by atomic mass is 32.2. The van der Waals surface area contributed by atoms with E-state index in [9.17, 15) is 13.5 Å². The molecule has 0 saturated carbocycles. The highest BCUT2D eigenvalue weighted by molar-refractivity contribution is 7.90. The first-order chi connectivity index (χ1) is 6.47. The predicted octanol–water partition coefficient (Wildman–Crippen LogP) is -0.0185. The summed E-state index contributed by atoms with van der Waals surface area (Å²) in [6, 6.07) is 0. The highest BCUT2D eigenvalue weighted by Gasteiger charge is 2.29. The Morgan fingerprint density at radius 1 is 1.21 bits per heavy atom. The third-order valence-corrected chi connectivity index (χ3v) is 3.93. The average Bonchev–Trinajstić information content (AvgIpc) is 2.15. The van der Waals surface area contributed by atoms with Crippen LogP contribution < -0.4 is 0 Å². The molecule has 5 heteroatoms. The molecule has 1 saturated heterocycles. The Kier molecular flexibility index (Phi) is 3.92. The van der Waals surface area contributed by atoms with Crippen molar-refractivity contribution in [3.05, 3.63) is 0 Å². The molecule has 1 heterocycles. The number of sulfone groups is 1. The first-order valence-corrected chi connectivity index (χ1v) is 7.17. The van der Waals surface area contributed by atoms with E-state index < -0.39 is 9.84 Å². The van der Waals surface area contributed by atoms with Crippen molar-refractivity contribution >= 4 is 9.84 Å². The lowest BCUT2D eigenvalue weighted by molar-refractivity contribution is -0.947. The van der Waals surface area contributed by atoms with Gasteiger partial charge in [-0.25, -0.2) is 8.42 Å². The molecule has 0 aliphatic carbocycles. The summed E-state index contributed by atoms with van der Waals surface area (Å²) in [6.45, 7) is 2.49. The molecule has 4 nitrogen and oxygen atoms in total. The number of likely N-dealkylation sites (tertiary alicyclic amines) is 1. The van der Waals surface area contributed by atoms with Crippen LogP contribution in [0.5, 0.6) is 0 Å². The summed E-state index contributed by atoms with van der Waals surface area (Å²) in [5.41, 5.74) is 0. The molecule has 0 atom stereocenters. The van der Waals surface area contributed by atoms with Gasteiger partial charge in [-0.3, -0.25) is 0 Å². The van der Waals surface area contributed by atoms with E-state index in [1.807, 2.05) is 0 Å². The van der Waals surface area contributed by atoms with E-state index in [1.54, 1.807) is 0 Å². The van der Waals surface area contributed by atoms with Gasteiger partial charge in [0, 0.05) is 6.26 Å². The van der Waals surface area contributed by atoms with Gasteiger partial charge in [0.2, 0.25) is 0 Å². The summed E-state index contributed by atoms with van der Waals surface area (Å²) in [6.07, 6.45) is 4.67. The quantitative estimate of drug-likeness (QED) is 0.680. The number of aliphatic hydroxyl groups excluding tert-OH is 1. The first-order valence-electron chi connectivity index (χ1n) is 5.11. The third-order valence-electron chi connectivity index (χ3n) is 3.00. The van der Waals surface area contributed by atoms with Gasteiger partial charge in [-0.15, -0.1) is 0 Å². The van der Waals surface area contributed by atoms with E-state index in [-0.39, 0.29) is 12.5 Å². The van der Waals surface area contributed by atoms with E-state index in [0.29, 0.717) is 11.0 Å². The number of quaternary nitrogens is 1. The molecular weight excluding hydrogens is 202 g/mol. The summed E-state index contributed by atoms with van der Waals surface area (Å²) < 4.78 is 22.7. The zero-order valence-corrected chi connectivity index (χ0v) is 9.59. The van der Waals surface area contributed by atoms with Gasteiger partial charge >= 0.3 is 0 Å². The molecule has 1 fully saturated rings. The minimum absolute atomic E-state index is 0.0789. The molecule has 14 heavy (non-hydrogen) atoms. The van der Waals surface area contributed by atoms with Gasteiger partial charge in [0.05, 0.1) is 25.4 Å². The fraction of sp³-hybridized carbons (Fsp3) is 1.00. The van der Waals surface area contributed by atoms with Crippen molar-refractivity contribution in [3.63, 3.8) is 0 Å². The molecule has 84 valence electrons. The topological polar surface area (TPSA) is 54.4 Å². The van der Waals surface area contributed by atoms with Gasteiger partial charge in [0.15, 0.2) is 16.6 Å². The molecule has 0 bridgehead atoms. The molecule has 1 rings (SSSR count). The number of nitrogens with zero attached hydrogens (tertiary/aromatic N) is 1. The Morgan fingerprint density at radius 3 is 2.21 bits per heavy atom. The van der Waals surface area contributed by atoms with E-state index in [1.165, 1.54) is 12.7 Å². The van der Waals surface area contributed by atoms with Crippen LogP contribution in [0.2, 0.25) is 0 Å². The molecule has 1 N–H and O–H groups in total. The fourth-order valence-corrected chi connectivity index (χ4v) is 2.70. The van der Waals surface area contributed by atoms with Crippen LogP contribution in [0, 0.1) is 0 Å². The lowest BCUT2D eigenvalue weighted by Crippen LogP contribution is -2.54. The minimum Gasteiger partial charge on any atom is -0.347 e. The van der Waals surface area contributed by atoms with Gasteiger partial charge in [-0.05, 0) is 19.3 Å². The van der Waals surface area contributed by atoms with E-state index >= 15 is 0 Å². The Balaban J connectivity index is 2.52. The molecule has 0 aromatic carbocycles. The molecule has 0 unspecified atom stereocenters. The molecule has 1 aliphatic rings. The Bertz CT molecular complexity index is 268. The molecule has 1 aliphatic heterocycles. The van der Waals surface area contributed by atoms with Crippen molar-refractivity contribution < 1.29 is 18.0 Å². The number of aliphatic hydroxyl groups is 1. The maximum atomic E-state index is 11.0. The lowest BCUT2D eigenvalue weighted by Gasteiger charge is -2.39. The van der Waals surface area contributed by atoms with E-state index in [4.69, 9.17) is 0 Å². The smallest absolute Gasteiger partial charge is 0.180 e. The molecule has 0 spiro atoms. The van der Waals surface area contributed by atoms with E-state index in [0.717, 1.165) is 25.9 Å². The minimum atomic E-state index is -2.90. The molecular formula is C9H20NO3S+. The van der Waals surface area contributed by atoms with Crippen molar-refractivity contribution in [1.29, 1.82) is 0 Å². The van der Waals surface area contributed by atoms with Crippen LogP contribution in [0.15, 0.2) is 0 Å².